The molecule has 8 heteroatoms. The molecule has 0 N–H and O–H groups in total. The molecule has 94 valence electrons. The van der Waals surface area contributed by atoms with Crippen molar-refractivity contribution in [3.63, 3.8) is 0 Å². The van der Waals surface area contributed by atoms with Gasteiger partial charge in [-0.25, -0.2) is 9.55 Å². The second-order valence-electron chi connectivity index (χ2n) is 3.50. The lowest BCUT2D eigenvalue weighted by atomic mass is 10.5. The topological polar surface area (TPSA) is 87.9 Å². The maximum absolute atomic E-state index is 11.4. The molecular formula is C10H10N4O3S. The highest BCUT2D eigenvalue weighted by atomic mass is 32.2. The van der Waals surface area contributed by atoms with Crippen molar-refractivity contribution in [2.24, 2.45) is 7.05 Å². The first-order valence-corrected chi connectivity index (χ1v) is 6.04. The Hall–Kier alpha value is -2.09. The molecule has 0 aromatic carbocycles. The first kappa shape index (κ1) is 12.4. The van der Waals surface area contributed by atoms with Crippen molar-refractivity contribution >= 4 is 17.6 Å². The SMILES string of the molecule is Cn1c([N+](=O)[O-])cnc1CSc1cccc[n+]1[O-]. The van der Waals surface area contributed by atoms with Crippen LogP contribution in [0, 0.1) is 15.3 Å². The van der Waals surface area contributed by atoms with Crippen LogP contribution in [-0.2, 0) is 12.8 Å². The van der Waals surface area contributed by atoms with Gasteiger partial charge in [-0.05, 0) is 22.8 Å². The van der Waals surface area contributed by atoms with Gasteiger partial charge in [-0.2, -0.15) is 4.73 Å². The van der Waals surface area contributed by atoms with Crippen molar-refractivity contribution in [3.05, 3.63) is 51.7 Å². The van der Waals surface area contributed by atoms with E-state index in [2.05, 4.69) is 4.98 Å². The third-order valence-corrected chi connectivity index (χ3v) is 3.40. The highest BCUT2D eigenvalue weighted by Gasteiger charge is 2.17. The summed E-state index contributed by atoms with van der Waals surface area (Å²) in [5, 5.41) is 22.6. The van der Waals surface area contributed by atoms with Gasteiger partial charge in [-0.1, -0.05) is 0 Å². The lowest BCUT2D eigenvalue weighted by Gasteiger charge is -2.02. The molecule has 0 bridgehead atoms. The van der Waals surface area contributed by atoms with Gasteiger partial charge in [0.05, 0.1) is 12.8 Å². The molecule has 2 rings (SSSR count). The second-order valence-corrected chi connectivity index (χ2v) is 4.50. The van der Waals surface area contributed by atoms with E-state index in [-0.39, 0.29) is 5.82 Å². The van der Waals surface area contributed by atoms with Crippen LogP contribution in [0.15, 0.2) is 35.6 Å². The molecule has 0 atom stereocenters. The average molecular weight is 266 g/mol. The Morgan fingerprint density at radius 3 is 2.94 bits per heavy atom. The smallest absolute Gasteiger partial charge is 0.342 e. The minimum Gasteiger partial charge on any atom is -0.618 e. The van der Waals surface area contributed by atoms with Gasteiger partial charge in [0.25, 0.3) is 5.03 Å². The first-order valence-electron chi connectivity index (χ1n) is 5.05. The van der Waals surface area contributed by atoms with E-state index < -0.39 is 4.92 Å². The minimum atomic E-state index is -0.489. The lowest BCUT2D eigenvalue weighted by molar-refractivity contribution is -0.645. The van der Waals surface area contributed by atoms with Crippen LogP contribution in [0.5, 0.6) is 0 Å². The number of hydrogen-bond donors (Lipinski definition) is 0. The van der Waals surface area contributed by atoms with Gasteiger partial charge in [0.1, 0.15) is 6.20 Å². The summed E-state index contributed by atoms with van der Waals surface area (Å²) in [7, 11) is 1.58. The normalized spacial score (nSPS) is 10.5. The molecule has 0 fully saturated rings. The minimum absolute atomic E-state index is 0.0614. The van der Waals surface area contributed by atoms with Gasteiger partial charge in [0.2, 0.25) is 5.82 Å². The molecule has 0 unspecified atom stereocenters. The van der Waals surface area contributed by atoms with Crippen LogP contribution in [0.4, 0.5) is 5.82 Å². The number of aromatic nitrogens is 3. The quantitative estimate of drug-likeness (QED) is 0.273. The van der Waals surface area contributed by atoms with Crippen LogP contribution in [0.1, 0.15) is 5.82 Å². The van der Waals surface area contributed by atoms with E-state index in [9.17, 15) is 15.3 Å². The standard InChI is InChI=1S/C10H10N4O3S/c1-12-8(11-6-9(12)14(16)17)7-18-10-4-2-3-5-13(10)15/h2-6H,7H2,1H3. The molecule has 2 heterocycles. The molecule has 2 aromatic rings. The summed E-state index contributed by atoms with van der Waals surface area (Å²) in [4.78, 5) is 14.1. The Balaban J connectivity index is 2.12. The van der Waals surface area contributed by atoms with E-state index in [1.54, 1.807) is 25.2 Å². The highest BCUT2D eigenvalue weighted by molar-refractivity contribution is 7.98. The number of nitrogens with zero attached hydrogens (tertiary/aromatic N) is 4. The molecule has 18 heavy (non-hydrogen) atoms. The summed E-state index contributed by atoms with van der Waals surface area (Å²) < 4.78 is 2.16. The van der Waals surface area contributed by atoms with E-state index >= 15 is 0 Å². The van der Waals surface area contributed by atoms with Gasteiger partial charge >= 0.3 is 5.82 Å². The molecule has 7 nitrogen and oxygen atoms in total. The van der Waals surface area contributed by atoms with E-state index in [1.165, 1.54) is 28.7 Å². The Bertz CT molecular complexity index is 584. The van der Waals surface area contributed by atoms with Crippen LogP contribution >= 0.6 is 11.8 Å². The summed E-state index contributed by atoms with van der Waals surface area (Å²) in [6.45, 7) is 0. The van der Waals surface area contributed by atoms with Crippen LogP contribution < -0.4 is 4.73 Å². The summed E-state index contributed by atoms with van der Waals surface area (Å²) in [5.74, 6) is 0.889. The van der Waals surface area contributed by atoms with Gasteiger partial charge in [0, 0.05) is 12.1 Å². The summed E-state index contributed by atoms with van der Waals surface area (Å²) in [6.07, 6.45) is 2.62. The fourth-order valence-corrected chi connectivity index (χ4v) is 2.31. The van der Waals surface area contributed by atoms with E-state index in [0.717, 1.165) is 4.73 Å². The third kappa shape index (κ3) is 2.43. The van der Waals surface area contributed by atoms with Gasteiger partial charge in [-0.15, -0.1) is 0 Å². The van der Waals surface area contributed by atoms with Gasteiger partial charge in [0.15, 0.2) is 6.20 Å². The zero-order valence-electron chi connectivity index (χ0n) is 9.52. The second kappa shape index (κ2) is 5.05. The Morgan fingerprint density at radius 2 is 2.33 bits per heavy atom. The number of thioether (sulfide) groups is 1. The third-order valence-electron chi connectivity index (χ3n) is 2.38. The van der Waals surface area contributed by atoms with Crippen molar-refractivity contribution in [1.82, 2.24) is 9.55 Å². The predicted octanol–water partition coefficient (Wildman–Crippen LogP) is 1.25. The largest absolute Gasteiger partial charge is 0.618 e. The van der Waals surface area contributed by atoms with E-state index in [1.807, 2.05) is 0 Å². The van der Waals surface area contributed by atoms with E-state index in [4.69, 9.17) is 0 Å². The van der Waals surface area contributed by atoms with Crippen LogP contribution in [0.3, 0.4) is 0 Å². The first-order chi connectivity index (χ1) is 8.59. The lowest BCUT2D eigenvalue weighted by Crippen LogP contribution is -2.27. The van der Waals surface area contributed by atoms with Gasteiger partial charge < -0.3 is 15.3 Å². The van der Waals surface area contributed by atoms with E-state index in [0.29, 0.717) is 16.6 Å². The Kier molecular flexibility index (Phi) is 3.47. The van der Waals surface area contributed by atoms with Crippen LogP contribution in [-0.4, -0.2) is 14.5 Å². The number of pyridine rings is 1. The Morgan fingerprint density at radius 1 is 1.56 bits per heavy atom. The predicted molar refractivity (Wildman–Crippen MR) is 64.8 cm³/mol. The van der Waals surface area contributed by atoms with Crippen molar-refractivity contribution in [1.29, 1.82) is 0 Å². The zero-order chi connectivity index (χ0) is 13.1. The average Bonchev–Trinajstić information content (AvgIpc) is 2.70. The number of hydrogen-bond acceptors (Lipinski definition) is 5. The molecule has 0 saturated heterocycles. The zero-order valence-corrected chi connectivity index (χ0v) is 10.3. The van der Waals surface area contributed by atoms with Crippen molar-refractivity contribution in [2.45, 2.75) is 10.8 Å². The van der Waals surface area contributed by atoms with Crippen molar-refractivity contribution in [2.75, 3.05) is 0 Å². The summed E-state index contributed by atoms with van der Waals surface area (Å²) >= 11 is 1.28. The number of rotatable bonds is 4. The molecule has 0 radical (unpaired) electrons. The Labute approximate surface area is 107 Å². The molecule has 0 aliphatic carbocycles. The molecular weight excluding hydrogens is 256 g/mol. The monoisotopic (exact) mass is 266 g/mol. The fourth-order valence-electron chi connectivity index (χ4n) is 1.40. The van der Waals surface area contributed by atoms with Crippen molar-refractivity contribution < 1.29 is 9.65 Å². The molecule has 0 aliphatic rings. The molecule has 0 amide bonds. The molecule has 0 aliphatic heterocycles. The van der Waals surface area contributed by atoms with Crippen molar-refractivity contribution in [3.8, 4) is 0 Å². The fraction of sp³-hybridized carbons (Fsp3) is 0.200. The molecule has 0 spiro atoms. The molecule has 2 aromatic heterocycles. The van der Waals surface area contributed by atoms with Crippen LogP contribution in [0.2, 0.25) is 0 Å². The van der Waals surface area contributed by atoms with Gasteiger partial charge in [-0.3, -0.25) is 0 Å². The molecule has 0 saturated carbocycles. The van der Waals surface area contributed by atoms with Crippen LogP contribution in [0.25, 0.3) is 0 Å². The summed E-state index contributed by atoms with van der Waals surface area (Å²) in [6, 6.07) is 5.09. The number of imidazole rings is 1. The highest BCUT2D eigenvalue weighted by Crippen LogP contribution is 2.20. The maximum Gasteiger partial charge on any atom is 0.342 e. The summed E-state index contributed by atoms with van der Waals surface area (Å²) in [5.41, 5.74) is 0. The number of nitro groups is 1. The maximum atomic E-state index is 11.4.